The van der Waals surface area contributed by atoms with Crippen molar-refractivity contribution < 1.29 is 33.3 Å². The van der Waals surface area contributed by atoms with Gasteiger partial charge >= 0.3 is 5.97 Å². The zero-order chi connectivity index (χ0) is 21.5. The monoisotopic (exact) mass is 413 g/mol. The minimum atomic E-state index is -0.672. The Morgan fingerprint density at radius 1 is 1.03 bits per heavy atom. The summed E-state index contributed by atoms with van der Waals surface area (Å²) in [6.07, 6.45) is 0.419. The normalized spacial score (nSPS) is 12.7. The van der Waals surface area contributed by atoms with Crippen molar-refractivity contribution in [2.75, 3.05) is 20.0 Å². The zero-order valence-electron chi connectivity index (χ0n) is 16.8. The Labute approximate surface area is 174 Å². The molecule has 8 nitrogen and oxygen atoms in total. The first kappa shape index (κ1) is 21.2. The number of carbonyl (C=O) groups excluding carboxylic acids is 3. The van der Waals surface area contributed by atoms with E-state index in [2.05, 4.69) is 5.32 Å². The highest BCUT2D eigenvalue weighted by Gasteiger charge is 2.17. The van der Waals surface area contributed by atoms with Crippen molar-refractivity contribution in [2.45, 2.75) is 26.3 Å². The van der Waals surface area contributed by atoms with Crippen molar-refractivity contribution in [1.82, 2.24) is 5.32 Å². The Morgan fingerprint density at radius 2 is 1.77 bits per heavy atom. The molecule has 0 fully saturated rings. The molecule has 0 radical (unpaired) electrons. The van der Waals surface area contributed by atoms with Gasteiger partial charge in [-0.25, -0.2) is 4.79 Å². The molecule has 8 heteroatoms. The molecule has 3 rings (SSSR count). The van der Waals surface area contributed by atoms with Gasteiger partial charge in [0.25, 0.3) is 5.91 Å². The molecule has 1 amide bonds. The highest BCUT2D eigenvalue weighted by atomic mass is 16.7. The number of ketones is 1. The predicted molar refractivity (Wildman–Crippen MR) is 107 cm³/mol. The molecule has 0 saturated carbocycles. The van der Waals surface area contributed by atoms with Crippen LogP contribution in [0.4, 0.5) is 0 Å². The fraction of sp³-hybridized carbons (Fsp3) is 0.318. The number of Topliss-reactive ketones (excluding diaryl/α,β-unsaturated/α-hetero) is 1. The number of ether oxygens (including phenoxy) is 4. The number of hydrogen-bond acceptors (Lipinski definition) is 7. The second kappa shape index (κ2) is 9.78. The van der Waals surface area contributed by atoms with E-state index in [0.29, 0.717) is 29.2 Å². The molecule has 30 heavy (non-hydrogen) atoms. The maximum absolute atomic E-state index is 12.1. The second-order valence-corrected chi connectivity index (χ2v) is 6.65. The van der Waals surface area contributed by atoms with Gasteiger partial charge in [-0.3, -0.25) is 9.59 Å². The number of carbonyl (C=O) groups is 3. The van der Waals surface area contributed by atoms with E-state index >= 15 is 0 Å². The number of fused-ring (bicyclic) bond motifs is 1. The van der Waals surface area contributed by atoms with Crippen molar-refractivity contribution in [1.29, 1.82) is 0 Å². The number of esters is 1. The average Bonchev–Trinajstić information content (AvgIpc) is 3.24. The number of hydrogen-bond donors (Lipinski definition) is 1. The maximum atomic E-state index is 12.1. The number of rotatable bonds is 9. The molecule has 1 aliphatic rings. The van der Waals surface area contributed by atoms with E-state index in [1.165, 1.54) is 0 Å². The fourth-order valence-electron chi connectivity index (χ4n) is 2.82. The number of amides is 1. The fourth-order valence-corrected chi connectivity index (χ4v) is 2.82. The summed E-state index contributed by atoms with van der Waals surface area (Å²) < 4.78 is 20.8. The SMILES string of the molecule is CCC(=O)c1ccc(OCC(=O)OCC(=O)N[C@H](C)c2ccc3c(c2)OCO3)cc1. The lowest BCUT2D eigenvalue weighted by Gasteiger charge is -2.15. The van der Waals surface area contributed by atoms with Gasteiger partial charge in [0.15, 0.2) is 30.5 Å². The van der Waals surface area contributed by atoms with E-state index in [1.54, 1.807) is 43.3 Å². The van der Waals surface area contributed by atoms with Crippen LogP contribution in [0.2, 0.25) is 0 Å². The molecule has 2 aromatic carbocycles. The Morgan fingerprint density at radius 3 is 2.50 bits per heavy atom. The van der Waals surface area contributed by atoms with Gasteiger partial charge in [-0.05, 0) is 48.9 Å². The van der Waals surface area contributed by atoms with Crippen LogP contribution in [0, 0.1) is 0 Å². The first-order valence-corrected chi connectivity index (χ1v) is 9.57. The van der Waals surface area contributed by atoms with Crippen molar-refractivity contribution in [3.63, 3.8) is 0 Å². The van der Waals surface area contributed by atoms with Crippen molar-refractivity contribution >= 4 is 17.7 Å². The van der Waals surface area contributed by atoms with Gasteiger partial charge in [-0.15, -0.1) is 0 Å². The third kappa shape index (κ3) is 5.50. The van der Waals surface area contributed by atoms with E-state index in [-0.39, 0.29) is 25.2 Å². The Hall–Kier alpha value is -3.55. The Kier molecular flexibility index (Phi) is 6.90. The van der Waals surface area contributed by atoms with Gasteiger partial charge in [-0.1, -0.05) is 13.0 Å². The summed E-state index contributed by atoms with van der Waals surface area (Å²) in [7, 11) is 0. The van der Waals surface area contributed by atoms with E-state index in [4.69, 9.17) is 18.9 Å². The molecule has 0 aromatic heterocycles. The number of benzene rings is 2. The van der Waals surface area contributed by atoms with E-state index in [0.717, 1.165) is 5.56 Å². The molecule has 1 aliphatic heterocycles. The Bertz CT molecular complexity index is 924. The van der Waals surface area contributed by atoms with Crippen molar-refractivity contribution in [3.8, 4) is 17.2 Å². The molecular formula is C22H23NO7. The second-order valence-electron chi connectivity index (χ2n) is 6.65. The molecule has 0 unspecified atom stereocenters. The summed E-state index contributed by atoms with van der Waals surface area (Å²) in [4.78, 5) is 35.5. The minimum Gasteiger partial charge on any atom is -0.482 e. The van der Waals surface area contributed by atoms with Crippen LogP contribution in [-0.2, 0) is 14.3 Å². The largest absolute Gasteiger partial charge is 0.482 e. The van der Waals surface area contributed by atoms with Gasteiger partial charge in [0.05, 0.1) is 6.04 Å². The zero-order valence-corrected chi connectivity index (χ0v) is 16.8. The molecule has 2 aromatic rings. The van der Waals surface area contributed by atoms with Gasteiger partial charge < -0.3 is 24.3 Å². The first-order valence-electron chi connectivity index (χ1n) is 9.57. The van der Waals surface area contributed by atoms with Crippen LogP contribution in [0.1, 0.15) is 42.2 Å². The van der Waals surface area contributed by atoms with Crippen LogP contribution in [0.25, 0.3) is 0 Å². The highest BCUT2D eigenvalue weighted by molar-refractivity contribution is 5.95. The number of nitrogens with one attached hydrogen (secondary N) is 1. The summed E-state index contributed by atoms with van der Waals surface area (Å²) in [5.41, 5.74) is 1.42. The molecule has 1 N–H and O–H groups in total. The van der Waals surface area contributed by atoms with Crippen LogP contribution in [0.5, 0.6) is 17.2 Å². The summed E-state index contributed by atoms with van der Waals surface area (Å²) in [5.74, 6) is 0.648. The van der Waals surface area contributed by atoms with E-state index in [9.17, 15) is 14.4 Å². The molecule has 1 atom stereocenters. The van der Waals surface area contributed by atoms with Crippen molar-refractivity contribution in [2.24, 2.45) is 0 Å². The summed E-state index contributed by atoms with van der Waals surface area (Å²) in [6.45, 7) is 3.02. The molecule has 0 aliphatic carbocycles. The van der Waals surface area contributed by atoms with Gasteiger partial charge in [0.1, 0.15) is 5.75 Å². The van der Waals surface area contributed by atoms with Gasteiger partial charge in [0, 0.05) is 12.0 Å². The highest BCUT2D eigenvalue weighted by Crippen LogP contribution is 2.34. The maximum Gasteiger partial charge on any atom is 0.344 e. The lowest BCUT2D eigenvalue weighted by Crippen LogP contribution is -2.31. The lowest BCUT2D eigenvalue weighted by atomic mass is 10.1. The minimum absolute atomic E-state index is 0.0296. The Balaban J connectivity index is 1.40. The predicted octanol–water partition coefficient (Wildman–Crippen LogP) is 2.81. The van der Waals surface area contributed by atoms with Gasteiger partial charge in [-0.2, -0.15) is 0 Å². The topological polar surface area (TPSA) is 100 Å². The van der Waals surface area contributed by atoms with Crippen molar-refractivity contribution in [3.05, 3.63) is 53.6 Å². The quantitative estimate of drug-likeness (QED) is 0.498. The summed E-state index contributed by atoms with van der Waals surface area (Å²) >= 11 is 0. The van der Waals surface area contributed by atoms with Crippen LogP contribution < -0.4 is 19.5 Å². The van der Waals surface area contributed by atoms with Crippen LogP contribution in [0.3, 0.4) is 0 Å². The first-order chi connectivity index (χ1) is 14.5. The summed E-state index contributed by atoms with van der Waals surface area (Å²) in [5, 5.41) is 2.75. The summed E-state index contributed by atoms with van der Waals surface area (Å²) in [6, 6.07) is 11.6. The van der Waals surface area contributed by atoms with Gasteiger partial charge in [0.2, 0.25) is 6.79 Å². The van der Waals surface area contributed by atoms with E-state index < -0.39 is 18.5 Å². The van der Waals surface area contributed by atoms with Crippen LogP contribution in [-0.4, -0.2) is 37.7 Å². The lowest BCUT2D eigenvalue weighted by molar-refractivity contribution is -0.150. The van der Waals surface area contributed by atoms with Crippen LogP contribution in [0.15, 0.2) is 42.5 Å². The molecule has 0 spiro atoms. The molecule has 1 heterocycles. The third-order valence-corrected chi connectivity index (χ3v) is 4.49. The molecule has 0 saturated heterocycles. The average molecular weight is 413 g/mol. The third-order valence-electron chi connectivity index (χ3n) is 4.49. The molecular weight excluding hydrogens is 390 g/mol. The smallest absolute Gasteiger partial charge is 0.344 e. The standard InChI is InChI=1S/C22H23NO7/c1-3-18(24)15-4-7-17(8-5-15)27-12-22(26)28-11-21(25)23-14(2)16-6-9-19-20(10-16)30-13-29-19/h4-10,14H,3,11-13H2,1-2H3,(H,23,25)/t14-/m1/s1. The molecule has 0 bridgehead atoms. The van der Waals surface area contributed by atoms with Crippen LogP contribution >= 0.6 is 0 Å². The molecule has 158 valence electrons. The van der Waals surface area contributed by atoms with E-state index in [1.807, 2.05) is 13.0 Å².